The standard InChI is InChI=1S/C18H22F3N3O7/c1-7(26)22-14(16(30)15(29)13(28)6-25)12(27)5-11-17(31)24-10-4-8(18(19,20)21)2-3-9(10)23-11/h2-4,12-16,25,27-30H,5-6H2,1H3,(H,22,26)(H,24,31)/t12-,13-,14-,15+,16-/m1/s1. The molecule has 7 N–H and O–H groups in total. The fourth-order valence-corrected chi connectivity index (χ4v) is 2.96. The summed E-state index contributed by atoms with van der Waals surface area (Å²) in [6, 6.07) is 0.939. The number of halogens is 3. The minimum absolute atomic E-state index is 0.00200. The molecule has 2 rings (SSSR count). The molecule has 13 heteroatoms. The zero-order valence-corrected chi connectivity index (χ0v) is 16.2. The lowest BCUT2D eigenvalue weighted by Crippen LogP contribution is -2.57. The van der Waals surface area contributed by atoms with Crippen LogP contribution in [-0.2, 0) is 17.4 Å². The highest BCUT2D eigenvalue weighted by Gasteiger charge is 2.36. The van der Waals surface area contributed by atoms with Crippen LogP contribution in [0.4, 0.5) is 13.2 Å². The van der Waals surface area contributed by atoms with Gasteiger partial charge in [-0.15, -0.1) is 0 Å². The number of aromatic nitrogens is 2. The molecule has 0 fully saturated rings. The molecule has 0 saturated carbocycles. The number of nitrogens with zero attached hydrogens (tertiary/aromatic N) is 1. The first-order valence-electron chi connectivity index (χ1n) is 9.05. The summed E-state index contributed by atoms with van der Waals surface area (Å²) < 4.78 is 38.5. The number of amides is 1. The highest BCUT2D eigenvalue weighted by Crippen LogP contribution is 2.30. The lowest BCUT2D eigenvalue weighted by molar-refractivity contribution is -0.137. The lowest BCUT2D eigenvalue weighted by atomic mass is 9.94. The van der Waals surface area contributed by atoms with Gasteiger partial charge in [-0.1, -0.05) is 0 Å². The quantitative estimate of drug-likeness (QED) is 0.253. The second kappa shape index (κ2) is 9.70. The molecule has 10 nitrogen and oxygen atoms in total. The van der Waals surface area contributed by atoms with Crippen LogP contribution in [-0.4, -0.2) is 78.5 Å². The number of nitrogens with one attached hydrogen (secondary N) is 2. The van der Waals surface area contributed by atoms with E-state index in [1.807, 2.05) is 0 Å². The molecule has 0 saturated heterocycles. The second-order valence-electron chi connectivity index (χ2n) is 6.97. The van der Waals surface area contributed by atoms with Crippen LogP contribution in [0, 0.1) is 0 Å². The van der Waals surface area contributed by atoms with Crippen LogP contribution < -0.4 is 10.9 Å². The van der Waals surface area contributed by atoms with Gasteiger partial charge in [-0.05, 0) is 18.2 Å². The van der Waals surface area contributed by atoms with Gasteiger partial charge in [-0.2, -0.15) is 13.2 Å². The van der Waals surface area contributed by atoms with Gasteiger partial charge in [-0.25, -0.2) is 4.98 Å². The number of aromatic amines is 1. The fourth-order valence-electron chi connectivity index (χ4n) is 2.96. The Bertz CT molecular complexity index is 982. The van der Waals surface area contributed by atoms with E-state index in [1.165, 1.54) is 0 Å². The summed E-state index contributed by atoms with van der Waals surface area (Å²) in [6.07, 6.45) is -12.5. The lowest BCUT2D eigenvalue weighted by Gasteiger charge is -2.32. The summed E-state index contributed by atoms with van der Waals surface area (Å²) in [7, 11) is 0. The van der Waals surface area contributed by atoms with Crippen LogP contribution in [0.25, 0.3) is 11.0 Å². The van der Waals surface area contributed by atoms with E-state index in [-0.39, 0.29) is 16.7 Å². The molecule has 0 spiro atoms. The molecule has 31 heavy (non-hydrogen) atoms. The van der Waals surface area contributed by atoms with Crippen molar-refractivity contribution in [2.45, 2.75) is 50.0 Å². The summed E-state index contributed by atoms with van der Waals surface area (Å²) in [6.45, 7) is 0.146. The Morgan fingerprint density at radius 1 is 1.16 bits per heavy atom. The third-order valence-corrected chi connectivity index (χ3v) is 4.58. The topological polar surface area (TPSA) is 176 Å². The number of carbonyl (C=O) groups is 1. The molecule has 0 unspecified atom stereocenters. The smallest absolute Gasteiger partial charge is 0.394 e. The third-order valence-electron chi connectivity index (χ3n) is 4.58. The van der Waals surface area contributed by atoms with Crippen LogP contribution in [0.3, 0.4) is 0 Å². The van der Waals surface area contributed by atoms with Crippen molar-refractivity contribution in [3.05, 3.63) is 39.8 Å². The molecular formula is C18H22F3N3O7. The van der Waals surface area contributed by atoms with Crippen LogP contribution in [0.1, 0.15) is 18.2 Å². The third kappa shape index (κ3) is 5.98. The van der Waals surface area contributed by atoms with E-state index in [2.05, 4.69) is 15.3 Å². The van der Waals surface area contributed by atoms with Gasteiger partial charge in [-0.3, -0.25) is 9.59 Å². The number of benzene rings is 1. The van der Waals surface area contributed by atoms with Crippen molar-refractivity contribution in [3.8, 4) is 0 Å². The molecule has 1 aromatic heterocycles. The van der Waals surface area contributed by atoms with Gasteiger partial charge in [0.05, 0.1) is 35.3 Å². The molecule has 0 aliphatic carbocycles. The van der Waals surface area contributed by atoms with Crippen LogP contribution >= 0.6 is 0 Å². The van der Waals surface area contributed by atoms with Crippen molar-refractivity contribution >= 4 is 16.9 Å². The Hall–Kier alpha value is -2.58. The highest BCUT2D eigenvalue weighted by molar-refractivity contribution is 5.75. The normalized spacial score (nSPS) is 17.1. The number of hydrogen-bond donors (Lipinski definition) is 7. The maximum Gasteiger partial charge on any atom is 0.416 e. The van der Waals surface area contributed by atoms with Crippen molar-refractivity contribution in [1.82, 2.24) is 15.3 Å². The minimum atomic E-state index is -4.62. The number of H-pyrrole nitrogens is 1. The molecule has 172 valence electrons. The van der Waals surface area contributed by atoms with Gasteiger partial charge in [0.2, 0.25) is 5.91 Å². The van der Waals surface area contributed by atoms with Gasteiger partial charge >= 0.3 is 6.18 Å². The number of rotatable bonds is 8. The average molecular weight is 449 g/mol. The van der Waals surface area contributed by atoms with Gasteiger partial charge < -0.3 is 35.8 Å². The summed E-state index contributed by atoms with van der Waals surface area (Å²) >= 11 is 0. The van der Waals surface area contributed by atoms with Crippen molar-refractivity contribution < 1.29 is 43.5 Å². The molecule has 0 aliphatic heterocycles. The van der Waals surface area contributed by atoms with E-state index in [4.69, 9.17) is 5.11 Å². The number of aliphatic hydroxyl groups excluding tert-OH is 5. The highest BCUT2D eigenvalue weighted by atomic mass is 19.4. The number of aliphatic hydroxyl groups is 5. The van der Waals surface area contributed by atoms with E-state index in [0.717, 1.165) is 19.1 Å². The molecule has 2 aromatic rings. The predicted octanol–water partition coefficient (Wildman–Crippen LogP) is -1.57. The van der Waals surface area contributed by atoms with Gasteiger partial charge in [0.1, 0.15) is 24.0 Å². The van der Waals surface area contributed by atoms with E-state index in [1.54, 1.807) is 0 Å². The molecular weight excluding hydrogens is 427 g/mol. The van der Waals surface area contributed by atoms with Crippen molar-refractivity contribution in [1.29, 1.82) is 0 Å². The molecule has 0 aliphatic rings. The first kappa shape index (κ1) is 24.7. The largest absolute Gasteiger partial charge is 0.416 e. The minimum Gasteiger partial charge on any atom is -0.394 e. The molecule has 1 amide bonds. The van der Waals surface area contributed by atoms with Crippen LogP contribution in [0.5, 0.6) is 0 Å². The van der Waals surface area contributed by atoms with E-state index in [9.17, 15) is 43.2 Å². The average Bonchev–Trinajstić information content (AvgIpc) is 2.69. The Morgan fingerprint density at radius 2 is 1.81 bits per heavy atom. The summed E-state index contributed by atoms with van der Waals surface area (Å²) in [5.74, 6) is -0.714. The predicted molar refractivity (Wildman–Crippen MR) is 99.8 cm³/mol. The number of hydrogen-bond acceptors (Lipinski definition) is 8. The van der Waals surface area contributed by atoms with E-state index >= 15 is 0 Å². The molecule has 5 atom stereocenters. The zero-order chi connectivity index (χ0) is 23.5. The maximum atomic E-state index is 12.8. The van der Waals surface area contributed by atoms with Crippen molar-refractivity contribution in [3.63, 3.8) is 0 Å². The Morgan fingerprint density at radius 3 is 2.35 bits per heavy atom. The van der Waals surface area contributed by atoms with Gasteiger partial charge in [0.25, 0.3) is 5.56 Å². The van der Waals surface area contributed by atoms with E-state index < -0.39 is 66.7 Å². The summed E-state index contributed by atoms with van der Waals surface area (Å²) in [5.41, 5.74) is -2.38. The second-order valence-corrected chi connectivity index (χ2v) is 6.97. The molecule has 1 heterocycles. The fraction of sp³-hybridized carbons (Fsp3) is 0.500. The van der Waals surface area contributed by atoms with Gasteiger partial charge in [0.15, 0.2) is 0 Å². The monoisotopic (exact) mass is 449 g/mol. The number of alkyl halides is 3. The summed E-state index contributed by atoms with van der Waals surface area (Å²) in [4.78, 5) is 29.9. The molecule has 1 aromatic carbocycles. The Labute approximate surface area is 173 Å². The van der Waals surface area contributed by atoms with Crippen LogP contribution in [0.15, 0.2) is 23.0 Å². The Balaban J connectivity index is 2.33. The first-order valence-corrected chi connectivity index (χ1v) is 9.05. The first-order chi connectivity index (χ1) is 14.3. The van der Waals surface area contributed by atoms with E-state index in [0.29, 0.717) is 6.07 Å². The molecule has 0 bridgehead atoms. The number of carbonyl (C=O) groups excluding carboxylic acids is 1. The van der Waals surface area contributed by atoms with Crippen molar-refractivity contribution in [2.75, 3.05) is 6.61 Å². The summed E-state index contributed by atoms with van der Waals surface area (Å²) in [5, 5.41) is 51.1. The SMILES string of the molecule is CC(=O)N[C@@H]([C@@H](O)[C@@H](O)[C@H](O)CO)[C@H](O)Cc1nc2ccc(C(F)(F)F)cc2[nH]c1=O. The van der Waals surface area contributed by atoms with Gasteiger partial charge in [0, 0.05) is 13.3 Å². The van der Waals surface area contributed by atoms with Crippen LogP contribution in [0.2, 0.25) is 0 Å². The Kier molecular flexibility index (Phi) is 7.72. The van der Waals surface area contributed by atoms with Crippen molar-refractivity contribution in [2.24, 2.45) is 0 Å². The maximum absolute atomic E-state index is 12.8. The molecule has 0 radical (unpaired) electrons. The zero-order valence-electron chi connectivity index (χ0n) is 16.2. The number of fused-ring (bicyclic) bond motifs is 1.